The molecule has 0 atom stereocenters. The molecule has 1 aromatic carbocycles. The largest absolute Gasteiger partial charge is 0.272 e. The van der Waals surface area contributed by atoms with Crippen LogP contribution in [0.5, 0.6) is 0 Å². The first-order valence-electron chi connectivity index (χ1n) is 5.05. The van der Waals surface area contributed by atoms with Gasteiger partial charge in [0.1, 0.15) is 0 Å². The highest BCUT2D eigenvalue weighted by Gasteiger charge is 2.60. The molecule has 1 amide bonds. The second-order valence-electron chi connectivity index (χ2n) is 4.52. The second-order valence-corrected chi connectivity index (χ2v) is 7.71. The molecule has 0 saturated carbocycles. The normalized spacial score (nSPS) is 21.2. The standard InChI is InChI=1S/C11H12BrNO3S/c1-7-6-8(4-5-9(7)12)13-10(14)11(2,3)17(13,15)16/h4-6H,1-3H3. The van der Waals surface area contributed by atoms with Crippen LogP contribution in [0.1, 0.15) is 19.4 Å². The predicted molar refractivity (Wildman–Crippen MR) is 69.4 cm³/mol. The number of rotatable bonds is 1. The molecule has 1 heterocycles. The lowest BCUT2D eigenvalue weighted by molar-refractivity contribution is -0.120. The number of hydrogen-bond donors (Lipinski definition) is 0. The van der Waals surface area contributed by atoms with Crippen molar-refractivity contribution in [2.24, 2.45) is 0 Å². The maximum absolute atomic E-state index is 12.0. The van der Waals surface area contributed by atoms with E-state index < -0.39 is 14.8 Å². The Morgan fingerprint density at radius 1 is 1.29 bits per heavy atom. The number of carbonyl (C=O) groups is 1. The number of aryl methyl sites for hydroxylation is 1. The molecule has 0 bridgehead atoms. The van der Waals surface area contributed by atoms with E-state index in [1.165, 1.54) is 13.8 Å². The Morgan fingerprint density at radius 3 is 2.35 bits per heavy atom. The smallest absolute Gasteiger partial charge is 0.263 e. The summed E-state index contributed by atoms with van der Waals surface area (Å²) in [6.07, 6.45) is 0. The van der Waals surface area contributed by atoms with E-state index in [-0.39, 0.29) is 5.91 Å². The van der Waals surface area contributed by atoms with Gasteiger partial charge >= 0.3 is 0 Å². The van der Waals surface area contributed by atoms with Crippen LogP contribution in [0.3, 0.4) is 0 Å². The van der Waals surface area contributed by atoms with Crippen molar-refractivity contribution in [3.63, 3.8) is 0 Å². The average Bonchev–Trinajstić information content (AvgIpc) is 2.23. The van der Waals surface area contributed by atoms with E-state index in [0.717, 1.165) is 14.3 Å². The Balaban J connectivity index is 2.51. The number of halogens is 1. The van der Waals surface area contributed by atoms with Crippen molar-refractivity contribution >= 4 is 37.5 Å². The summed E-state index contributed by atoms with van der Waals surface area (Å²) in [6, 6.07) is 5.02. The number of sulfonamides is 1. The van der Waals surface area contributed by atoms with Gasteiger partial charge < -0.3 is 0 Å². The molecule has 0 unspecified atom stereocenters. The van der Waals surface area contributed by atoms with Gasteiger partial charge in [0.2, 0.25) is 0 Å². The second kappa shape index (κ2) is 3.55. The molecule has 17 heavy (non-hydrogen) atoms. The molecule has 0 aliphatic carbocycles. The molecular formula is C11H12BrNO3S. The average molecular weight is 318 g/mol. The van der Waals surface area contributed by atoms with Gasteiger partial charge in [-0.15, -0.1) is 0 Å². The molecule has 1 aliphatic heterocycles. The molecule has 6 heteroatoms. The van der Waals surface area contributed by atoms with Gasteiger partial charge in [0, 0.05) is 4.47 Å². The third-order valence-electron chi connectivity index (χ3n) is 2.96. The fourth-order valence-electron chi connectivity index (χ4n) is 1.66. The first kappa shape index (κ1) is 12.6. The Morgan fingerprint density at radius 2 is 1.88 bits per heavy atom. The summed E-state index contributed by atoms with van der Waals surface area (Å²) in [5, 5.41) is 0. The van der Waals surface area contributed by atoms with Crippen molar-refractivity contribution in [1.82, 2.24) is 0 Å². The zero-order chi connectivity index (χ0) is 13.0. The maximum Gasteiger partial charge on any atom is 0.263 e. The highest BCUT2D eigenvalue weighted by Crippen LogP contribution is 2.39. The molecule has 1 aliphatic rings. The van der Waals surface area contributed by atoms with E-state index in [1.807, 2.05) is 6.92 Å². The topological polar surface area (TPSA) is 54.5 Å². The number of hydrogen-bond acceptors (Lipinski definition) is 3. The quantitative estimate of drug-likeness (QED) is 0.798. The minimum atomic E-state index is -3.56. The van der Waals surface area contributed by atoms with E-state index in [0.29, 0.717) is 5.69 Å². The fraction of sp³-hybridized carbons (Fsp3) is 0.364. The molecular weight excluding hydrogens is 306 g/mol. The summed E-state index contributed by atoms with van der Waals surface area (Å²) in [4.78, 5) is 11.8. The molecule has 0 aromatic heterocycles. The van der Waals surface area contributed by atoms with Crippen molar-refractivity contribution in [3.05, 3.63) is 28.2 Å². The van der Waals surface area contributed by atoms with E-state index in [9.17, 15) is 13.2 Å². The van der Waals surface area contributed by atoms with Gasteiger partial charge in [0.25, 0.3) is 15.9 Å². The van der Waals surface area contributed by atoms with E-state index in [4.69, 9.17) is 0 Å². The number of amides is 1. The monoisotopic (exact) mass is 317 g/mol. The lowest BCUT2D eigenvalue weighted by Gasteiger charge is -2.42. The molecule has 1 fully saturated rings. The van der Waals surface area contributed by atoms with Crippen molar-refractivity contribution in [3.8, 4) is 0 Å². The van der Waals surface area contributed by atoms with Crippen LogP contribution in [-0.4, -0.2) is 19.1 Å². The van der Waals surface area contributed by atoms with Gasteiger partial charge in [-0.1, -0.05) is 15.9 Å². The van der Waals surface area contributed by atoms with Gasteiger partial charge in [-0.25, -0.2) is 12.7 Å². The molecule has 92 valence electrons. The van der Waals surface area contributed by atoms with Crippen molar-refractivity contribution in [2.75, 3.05) is 4.31 Å². The summed E-state index contributed by atoms with van der Waals surface area (Å²) in [6.45, 7) is 4.69. The predicted octanol–water partition coefficient (Wildman–Crippen LogP) is 2.21. The molecule has 0 N–H and O–H groups in total. The van der Waals surface area contributed by atoms with E-state index >= 15 is 0 Å². The van der Waals surface area contributed by atoms with Gasteiger partial charge in [-0.3, -0.25) is 4.79 Å². The van der Waals surface area contributed by atoms with Crippen LogP contribution in [0.15, 0.2) is 22.7 Å². The Bertz CT molecular complexity index is 607. The van der Waals surface area contributed by atoms with Crippen molar-refractivity contribution < 1.29 is 13.2 Å². The highest BCUT2D eigenvalue weighted by atomic mass is 79.9. The highest BCUT2D eigenvalue weighted by molar-refractivity contribution is 9.10. The van der Waals surface area contributed by atoms with E-state index in [1.54, 1.807) is 18.2 Å². The van der Waals surface area contributed by atoms with Crippen LogP contribution in [0.25, 0.3) is 0 Å². The Labute approximate surface area is 109 Å². The van der Waals surface area contributed by atoms with Crippen LogP contribution in [0.4, 0.5) is 5.69 Å². The zero-order valence-corrected chi connectivity index (χ0v) is 12.1. The van der Waals surface area contributed by atoms with E-state index in [2.05, 4.69) is 15.9 Å². The summed E-state index contributed by atoms with van der Waals surface area (Å²) in [5.74, 6) is -0.390. The number of nitrogens with zero attached hydrogens (tertiary/aromatic N) is 1. The molecule has 1 saturated heterocycles. The first-order chi connectivity index (χ1) is 7.69. The molecule has 1 aromatic rings. The molecule has 4 nitrogen and oxygen atoms in total. The first-order valence-corrected chi connectivity index (χ1v) is 7.28. The van der Waals surface area contributed by atoms with Gasteiger partial charge in [0.15, 0.2) is 4.75 Å². The van der Waals surface area contributed by atoms with Crippen molar-refractivity contribution in [1.29, 1.82) is 0 Å². The SMILES string of the molecule is Cc1cc(N2C(=O)C(C)(C)S2(=O)=O)ccc1Br. The molecule has 0 radical (unpaired) electrons. The molecule has 0 spiro atoms. The zero-order valence-electron chi connectivity index (χ0n) is 9.69. The Kier molecular flexibility index (Phi) is 2.63. The van der Waals surface area contributed by atoms with Gasteiger partial charge in [-0.05, 0) is 44.5 Å². The lowest BCUT2D eigenvalue weighted by atomic mass is 10.1. The number of anilines is 1. The number of benzene rings is 1. The van der Waals surface area contributed by atoms with Crippen LogP contribution in [-0.2, 0) is 14.8 Å². The minimum absolute atomic E-state index is 0.390. The third kappa shape index (κ3) is 1.54. The van der Waals surface area contributed by atoms with Crippen LogP contribution < -0.4 is 4.31 Å². The Hall–Kier alpha value is -0.880. The van der Waals surface area contributed by atoms with Gasteiger partial charge in [0.05, 0.1) is 5.69 Å². The van der Waals surface area contributed by atoms with Gasteiger partial charge in [-0.2, -0.15) is 0 Å². The summed E-state index contributed by atoms with van der Waals surface area (Å²) in [5.41, 5.74) is 1.28. The fourth-order valence-corrected chi connectivity index (χ4v) is 3.38. The van der Waals surface area contributed by atoms with Crippen LogP contribution >= 0.6 is 15.9 Å². The summed E-state index contributed by atoms with van der Waals surface area (Å²) >= 11 is 3.33. The third-order valence-corrected chi connectivity index (χ3v) is 6.17. The van der Waals surface area contributed by atoms with Crippen LogP contribution in [0.2, 0.25) is 0 Å². The molecule has 2 rings (SSSR count). The maximum atomic E-state index is 12.0. The van der Waals surface area contributed by atoms with Crippen molar-refractivity contribution in [2.45, 2.75) is 25.5 Å². The number of carbonyl (C=O) groups excluding carboxylic acids is 1. The summed E-state index contributed by atoms with van der Waals surface area (Å²) in [7, 11) is -3.56. The van der Waals surface area contributed by atoms with Crippen LogP contribution in [0, 0.1) is 6.92 Å². The minimum Gasteiger partial charge on any atom is -0.272 e. The lowest BCUT2D eigenvalue weighted by Crippen LogP contribution is -2.67. The summed E-state index contributed by atoms with van der Waals surface area (Å²) < 4.78 is 24.4.